The van der Waals surface area contributed by atoms with E-state index >= 15 is 0 Å². The Balaban J connectivity index is 2.12. The number of anilines is 1. The minimum Gasteiger partial charge on any atom is -0.326 e. The molecule has 6 heteroatoms. The molecule has 0 unspecified atom stereocenters. The van der Waals surface area contributed by atoms with E-state index in [9.17, 15) is 22.4 Å². The molecule has 2 nitrogen and oxygen atoms in total. The average Bonchev–Trinajstić information content (AvgIpc) is 2.65. The summed E-state index contributed by atoms with van der Waals surface area (Å²) in [5.74, 6) is -1.41. The maximum Gasteiger partial charge on any atom is 0.419 e. The first-order chi connectivity index (χ1) is 10.9. The van der Waals surface area contributed by atoms with E-state index in [4.69, 9.17) is 0 Å². The molecule has 0 saturated carbocycles. The molecule has 0 fully saturated rings. The van der Waals surface area contributed by atoms with E-state index in [0.29, 0.717) is 24.9 Å². The lowest BCUT2D eigenvalue weighted by atomic mass is 9.95. The fourth-order valence-electron chi connectivity index (χ4n) is 2.79. The van der Waals surface area contributed by atoms with Crippen LogP contribution in [0.1, 0.15) is 24.0 Å². The van der Waals surface area contributed by atoms with Crippen molar-refractivity contribution in [2.75, 3.05) is 5.32 Å². The summed E-state index contributed by atoms with van der Waals surface area (Å²) in [7, 11) is 0. The summed E-state index contributed by atoms with van der Waals surface area (Å²) in [4.78, 5) is 11.5. The Hall–Kier alpha value is -2.37. The topological polar surface area (TPSA) is 29.1 Å². The fourth-order valence-corrected chi connectivity index (χ4v) is 2.79. The number of carbonyl (C=O) groups is 1. The lowest BCUT2D eigenvalue weighted by Gasteiger charge is -2.15. The Morgan fingerprint density at radius 3 is 2.57 bits per heavy atom. The Morgan fingerprint density at radius 2 is 1.83 bits per heavy atom. The van der Waals surface area contributed by atoms with Gasteiger partial charge in [-0.2, -0.15) is 13.2 Å². The SMILES string of the molecule is O=C1CCCc2cc(-c3cccc(F)c3C(F)(F)F)ccc2N1. The number of amides is 1. The standard InChI is InChI=1S/C17H13F4NO/c18-13-5-2-4-12(16(13)17(19,20)21)10-7-8-14-11(9-10)3-1-6-15(23)22-14/h2,4-5,7-9H,1,3,6H2,(H,22,23). The first-order valence-corrected chi connectivity index (χ1v) is 7.15. The Bertz CT molecular complexity index is 768. The van der Waals surface area contributed by atoms with Crippen molar-refractivity contribution in [2.45, 2.75) is 25.4 Å². The Morgan fingerprint density at radius 1 is 1.04 bits per heavy atom. The Kier molecular flexibility index (Phi) is 3.83. The zero-order chi connectivity index (χ0) is 16.6. The molecule has 1 aliphatic rings. The second kappa shape index (κ2) is 5.68. The summed E-state index contributed by atoms with van der Waals surface area (Å²) in [6, 6.07) is 7.94. The predicted molar refractivity (Wildman–Crippen MR) is 78.4 cm³/mol. The minimum absolute atomic E-state index is 0.113. The summed E-state index contributed by atoms with van der Waals surface area (Å²) in [6.07, 6.45) is -3.20. The largest absolute Gasteiger partial charge is 0.419 e. The monoisotopic (exact) mass is 323 g/mol. The molecule has 1 aliphatic heterocycles. The van der Waals surface area contributed by atoms with Crippen LogP contribution in [-0.2, 0) is 17.4 Å². The van der Waals surface area contributed by atoms with Gasteiger partial charge >= 0.3 is 6.18 Å². The molecule has 1 heterocycles. The first-order valence-electron chi connectivity index (χ1n) is 7.15. The molecule has 3 rings (SSSR count). The van der Waals surface area contributed by atoms with Crippen molar-refractivity contribution in [2.24, 2.45) is 0 Å². The molecule has 0 aromatic heterocycles. The van der Waals surface area contributed by atoms with Gasteiger partial charge in [0.25, 0.3) is 0 Å². The summed E-state index contributed by atoms with van der Waals surface area (Å²) in [5.41, 5.74) is 0.173. The molecule has 0 radical (unpaired) electrons. The van der Waals surface area contributed by atoms with Crippen LogP contribution >= 0.6 is 0 Å². The van der Waals surface area contributed by atoms with Gasteiger partial charge in [-0.1, -0.05) is 18.2 Å². The highest BCUT2D eigenvalue weighted by molar-refractivity contribution is 5.92. The average molecular weight is 323 g/mol. The van der Waals surface area contributed by atoms with Gasteiger partial charge in [0.15, 0.2) is 0 Å². The normalized spacial score (nSPS) is 14.9. The maximum atomic E-state index is 13.7. The van der Waals surface area contributed by atoms with Crippen molar-refractivity contribution in [1.29, 1.82) is 0 Å². The van der Waals surface area contributed by atoms with Gasteiger partial charge in [0.2, 0.25) is 5.91 Å². The molecule has 0 saturated heterocycles. The van der Waals surface area contributed by atoms with Gasteiger partial charge in [0.1, 0.15) is 5.82 Å². The van der Waals surface area contributed by atoms with Crippen molar-refractivity contribution in [3.8, 4) is 11.1 Å². The van der Waals surface area contributed by atoms with Crippen LogP contribution in [0.3, 0.4) is 0 Å². The number of hydrogen-bond donors (Lipinski definition) is 1. The highest BCUT2D eigenvalue weighted by Crippen LogP contribution is 2.39. The van der Waals surface area contributed by atoms with Crippen molar-refractivity contribution in [3.63, 3.8) is 0 Å². The smallest absolute Gasteiger partial charge is 0.326 e. The van der Waals surface area contributed by atoms with E-state index < -0.39 is 17.6 Å². The van der Waals surface area contributed by atoms with E-state index in [1.165, 1.54) is 18.2 Å². The van der Waals surface area contributed by atoms with Crippen LogP contribution in [0.5, 0.6) is 0 Å². The number of carbonyl (C=O) groups excluding carboxylic acids is 1. The van der Waals surface area contributed by atoms with Gasteiger partial charge in [-0.05, 0) is 47.7 Å². The highest BCUT2D eigenvalue weighted by atomic mass is 19.4. The quantitative estimate of drug-likeness (QED) is 0.751. The third kappa shape index (κ3) is 3.06. The van der Waals surface area contributed by atoms with Crippen molar-refractivity contribution < 1.29 is 22.4 Å². The summed E-state index contributed by atoms with van der Waals surface area (Å²) >= 11 is 0. The molecule has 0 aliphatic carbocycles. The molecule has 0 spiro atoms. The highest BCUT2D eigenvalue weighted by Gasteiger charge is 2.37. The zero-order valence-corrected chi connectivity index (χ0v) is 12.0. The van der Waals surface area contributed by atoms with Gasteiger partial charge < -0.3 is 5.32 Å². The van der Waals surface area contributed by atoms with Crippen LogP contribution in [0.25, 0.3) is 11.1 Å². The molecule has 0 atom stereocenters. The number of benzene rings is 2. The van der Waals surface area contributed by atoms with E-state index in [1.54, 1.807) is 12.1 Å². The van der Waals surface area contributed by atoms with E-state index in [0.717, 1.165) is 11.6 Å². The van der Waals surface area contributed by atoms with E-state index in [1.807, 2.05) is 0 Å². The molecule has 2 aromatic carbocycles. The zero-order valence-electron chi connectivity index (χ0n) is 12.0. The minimum atomic E-state index is -4.78. The molecule has 1 amide bonds. The number of rotatable bonds is 1. The van der Waals surface area contributed by atoms with Gasteiger partial charge in [-0.3, -0.25) is 4.79 Å². The number of halogens is 4. The predicted octanol–water partition coefficient (Wildman–Crippen LogP) is 4.79. The van der Waals surface area contributed by atoms with Crippen LogP contribution in [0, 0.1) is 5.82 Å². The summed E-state index contributed by atoms with van der Waals surface area (Å²) in [6.45, 7) is 0. The van der Waals surface area contributed by atoms with Gasteiger partial charge in [-0.15, -0.1) is 0 Å². The van der Waals surface area contributed by atoms with E-state index in [-0.39, 0.29) is 17.0 Å². The van der Waals surface area contributed by atoms with E-state index in [2.05, 4.69) is 5.32 Å². The third-order valence-corrected chi connectivity index (χ3v) is 3.84. The molecule has 0 bridgehead atoms. The van der Waals surface area contributed by atoms with Crippen LogP contribution in [0.4, 0.5) is 23.2 Å². The summed E-state index contributed by atoms with van der Waals surface area (Å²) in [5, 5.41) is 2.72. The van der Waals surface area contributed by atoms with Crippen molar-refractivity contribution in [1.82, 2.24) is 0 Å². The van der Waals surface area contributed by atoms with Gasteiger partial charge in [-0.25, -0.2) is 4.39 Å². The molecular formula is C17H13F4NO. The lowest BCUT2D eigenvalue weighted by Crippen LogP contribution is -2.11. The number of fused-ring (bicyclic) bond motifs is 1. The van der Waals surface area contributed by atoms with Crippen LogP contribution in [0.2, 0.25) is 0 Å². The molecular weight excluding hydrogens is 310 g/mol. The third-order valence-electron chi connectivity index (χ3n) is 3.84. The Labute approximate surface area is 130 Å². The maximum absolute atomic E-state index is 13.7. The first kappa shape index (κ1) is 15.5. The van der Waals surface area contributed by atoms with Gasteiger partial charge in [0.05, 0.1) is 5.56 Å². The van der Waals surface area contributed by atoms with Crippen molar-refractivity contribution >= 4 is 11.6 Å². The second-order valence-corrected chi connectivity index (χ2v) is 5.43. The van der Waals surface area contributed by atoms with Gasteiger partial charge in [0, 0.05) is 12.1 Å². The molecule has 2 aromatic rings. The molecule has 23 heavy (non-hydrogen) atoms. The molecule has 1 N–H and O–H groups in total. The number of alkyl halides is 3. The van der Waals surface area contributed by atoms with Crippen molar-refractivity contribution in [3.05, 3.63) is 53.3 Å². The number of hydrogen-bond acceptors (Lipinski definition) is 1. The van der Waals surface area contributed by atoms with Crippen LogP contribution < -0.4 is 5.32 Å². The van der Waals surface area contributed by atoms with Crippen LogP contribution in [-0.4, -0.2) is 5.91 Å². The lowest BCUT2D eigenvalue weighted by molar-refractivity contribution is -0.139. The fraction of sp³-hybridized carbons (Fsp3) is 0.235. The summed E-state index contributed by atoms with van der Waals surface area (Å²) < 4.78 is 53.2. The number of aryl methyl sites for hydroxylation is 1. The molecule has 120 valence electrons. The number of nitrogens with one attached hydrogen (secondary N) is 1. The van der Waals surface area contributed by atoms with Crippen LogP contribution in [0.15, 0.2) is 36.4 Å². The second-order valence-electron chi connectivity index (χ2n) is 5.43.